The van der Waals surface area contributed by atoms with Crippen LogP contribution in [0.3, 0.4) is 0 Å². The molecule has 8 aromatic rings. The minimum atomic E-state index is -0.497. The van der Waals surface area contributed by atoms with Gasteiger partial charge in [0, 0.05) is 16.9 Å². The van der Waals surface area contributed by atoms with Gasteiger partial charge in [0.25, 0.3) is 0 Å². The smallest absolute Gasteiger partial charge is 0.0714 e. The predicted molar refractivity (Wildman–Crippen MR) is 254 cm³/mol. The first-order valence-corrected chi connectivity index (χ1v) is 22.6. The molecule has 1 nitrogen and oxygen atoms in total. The first kappa shape index (κ1) is 36.4. The van der Waals surface area contributed by atoms with Gasteiger partial charge in [-0.2, -0.15) is 0 Å². The van der Waals surface area contributed by atoms with E-state index in [0.29, 0.717) is 5.41 Å². The lowest BCUT2D eigenvalue weighted by atomic mass is 9.48. The molecule has 0 amide bonds. The summed E-state index contributed by atoms with van der Waals surface area (Å²) < 4.78 is 0. The average Bonchev–Trinajstić information content (AvgIpc) is 3.61. The van der Waals surface area contributed by atoms with Crippen molar-refractivity contribution in [1.29, 1.82) is 0 Å². The summed E-state index contributed by atoms with van der Waals surface area (Å²) in [4.78, 5) is 2.55. The molecule has 0 heterocycles. The topological polar surface area (TPSA) is 3.24 Å². The van der Waals surface area contributed by atoms with E-state index in [0.717, 1.165) is 23.4 Å². The molecule has 0 aromatic heterocycles. The Morgan fingerprint density at radius 1 is 0.410 bits per heavy atom. The van der Waals surface area contributed by atoms with E-state index in [4.69, 9.17) is 0 Å². The second-order valence-electron chi connectivity index (χ2n) is 18.7. The Labute approximate surface area is 361 Å². The van der Waals surface area contributed by atoms with Gasteiger partial charge in [-0.1, -0.05) is 170 Å². The summed E-state index contributed by atoms with van der Waals surface area (Å²) in [5, 5.41) is 0. The SMILES string of the molecule is Cc1cccc2c1-c1ccc(N(c3ccc(C45CC6CC(CC(C6)C4)C5)cc3)c3ccccc3-c3ccccc3-c3ccccc3)cc1C2(c1ccccc1)c1ccccc1. The Morgan fingerprint density at radius 3 is 1.59 bits per heavy atom. The fourth-order valence-electron chi connectivity index (χ4n) is 13.2. The number of aryl methyl sites for hydroxylation is 1. The Balaban J connectivity index is 1.09. The van der Waals surface area contributed by atoms with E-state index in [1.54, 1.807) is 5.56 Å². The number of nitrogens with zero attached hydrogens (tertiary/aromatic N) is 1. The van der Waals surface area contributed by atoms with Crippen LogP contribution < -0.4 is 4.90 Å². The van der Waals surface area contributed by atoms with Gasteiger partial charge in [-0.15, -0.1) is 0 Å². The molecule has 296 valence electrons. The van der Waals surface area contributed by atoms with Crippen LogP contribution in [0.2, 0.25) is 0 Å². The highest BCUT2D eigenvalue weighted by Crippen LogP contribution is 2.62. The molecule has 0 radical (unpaired) electrons. The van der Waals surface area contributed by atoms with Crippen molar-refractivity contribution < 1.29 is 0 Å². The van der Waals surface area contributed by atoms with Gasteiger partial charge in [0.15, 0.2) is 0 Å². The molecule has 61 heavy (non-hydrogen) atoms. The molecule has 13 rings (SSSR count). The second-order valence-corrected chi connectivity index (χ2v) is 18.7. The summed E-state index contributed by atoms with van der Waals surface area (Å²) in [5.74, 6) is 2.73. The number of rotatable bonds is 8. The molecule has 4 saturated carbocycles. The number of benzene rings is 8. The van der Waals surface area contributed by atoms with Gasteiger partial charge >= 0.3 is 0 Å². The molecule has 0 saturated heterocycles. The zero-order valence-electron chi connectivity index (χ0n) is 35.0. The van der Waals surface area contributed by atoms with E-state index in [9.17, 15) is 0 Å². The lowest BCUT2D eigenvalue weighted by Crippen LogP contribution is -2.48. The van der Waals surface area contributed by atoms with Gasteiger partial charge < -0.3 is 4.90 Å². The van der Waals surface area contributed by atoms with E-state index in [1.807, 2.05) is 0 Å². The normalized spacial score (nSPS) is 21.5. The van der Waals surface area contributed by atoms with Gasteiger partial charge in [0.1, 0.15) is 0 Å². The Kier molecular flexibility index (Phi) is 8.56. The van der Waals surface area contributed by atoms with E-state index < -0.39 is 5.41 Å². The van der Waals surface area contributed by atoms with Crippen molar-refractivity contribution in [2.45, 2.75) is 56.3 Å². The highest BCUT2D eigenvalue weighted by molar-refractivity contribution is 5.96. The largest absolute Gasteiger partial charge is 0.310 e. The van der Waals surface area contributed by atoms with Crippen molar-refractivity contribution >= 4 is 17.1 Å². The molecule has 8 aromatic carbocycles. The summed E-state index contributed by atoms with van der Waals surface area (Å²) in [6.45, 7) is 2.28. The summed E-state index contributed by atoms with van der Waals surface area (Å²) in [7, 11) is 0. The van der Waals surface area contributed by atoms with Crippen molar-refractivity contribution in [2.24, 2.45) is 17.8 Å². The van der Waals surface area contributed by atoms with Gasteiger partial charge in [-0.25, -0.2) is 0 Å². The van der Waals surface area contributed by atoms with E-state index >= 15 is 0 Å². The van der Waals surface area contributed by atoms with Crippen LogP contribution in [0.5, 0.6) is 0 Å². The first-order valence-electron chi connectivity index (χ1n) is 22.6. The monoisotopic (exact) mass is 785 g/mol. The number of hydrogen-bond acceptors (Lipinski definition) is 1. The fourth-order valence-corrected chi connectivity index (χ4v) is 13.2. The first-order chi connectivity index (χ1) is 30.1. The third-order valence-electron chi connectivity index (χ3n) is 15.2. The zero-order chi connectivity index (χ0) is 40.5. The van der Waals surface area contributed by atoms with Crippen LogP contribution >= 0.6 is 0 Å². The maximum atomic E-state index is 2.55. The fraction of sp³-hybridized carbons (Fsp3) is 0.200. The zero-order valence-corrected chi connectivity index (χ0v) is 35.0. The molecular weight excluding hydrogens is 735 g/mol. The van der Waals surface area contributed by atoms with E-state index in [2.05, 4.69) is 212 Å². The van der Waals surface area contributed by atoms with Crippen LogP contribution in [0.1, 0.15) is 71.9 Å². The van der Waals surface area contributed by atoms with Crippen molar-refractivity contribution in [3.8, 4) is 33.4 Å². The maximum Gasteiger partial charge on any atom is 0.0714 e. The summed E-state index contributed by atoms with van der Waals surface area (Å²) in [5.41, 5.74) is 19.0. The van der Waals surface area contributed by atoms with Crippen molar-refractivity contribution in [3.05, 3.63) is 234 Å². The van der Waals surface area contributed by atoms with Crippen molar-refractivity contribution in [1.82, 2.24) is 0 Å². The Morgan fingerprint density at radius 2 is 0.951 bits per heavy atom. The molecule has 0 unspecified atom stereocenters. The maximum absolute atomic E-state index is 2.55. The molecule has 0 N–H and O–H groups in total. The number of anilines is 3. The van der Waals surface area contributed by atoms with Crippen molar-refractivity contribution in [2.75, 3.05) is 4.90 Å². The quantitative estimate of drug-likeness (QED) is 0.148. The summed E-state index contributed by atoms with van der Waals surface area (Å²) in [6.07, 6.45) is 8.48. The molecule has 4 fully saturated rings. The summed E-state index contributed by atoms with van der Waals surface area (Å²) in [6, 6.07) is 75.4. The van der Waals surface area contributed by atoms with Crippen LogP contribution in [0, 0.1) is 24.7 Å². The number of fused-ring (bicyclic) bond motifs is 3. The molecule has 5 aliphatic carbocycles. The van der Waals surface area contributed by atoms with Gasteiger partial charge in [-0.3, -0.25) is 0 Å². The Hall–Kier alpha value is -6.44. The highest BCUT2D eigenvalue weighted by Gasteiger charge is 2.52. The molecule has 5 aliphatic rings. The molecule has 0 aliphatic heterocycles. The van der Waals surface area contributed by atoms with E-state index in [1.165, 1.54) is 111 Å². The second kappa shape index (κ2) is 14.3. The molecule has 0 atom stereocenters. The van der Waals surface area contributed by atoms with Crippen LogP contribution in [0.4, 0.5) is 17.1 Å². The van der Waals surface area contributed by atoms with Crippen LogP contribution in [0.15, 0.2) is 200 Å². The lowest BCUT2D eigenvalue weighted by Gasteiger charge is -2.57. The van der Waals surface area contributed by atoms with Gasteiger partial charge in [-0.05, 0) is 160 Å². The molecule has 1 heteroatoms. The third-order valence-corrected chi connectivity index (χ3v) is 15.2. The van der Waals surface area contributed by atoms with Crippen molar-refractivity contribution in [3.63, 3.8) is 0 Å². The Bertz CT molecular complexity index is 2820. The molecule has 4 bridgehead atoms. The van der Waals surface area contributed by atoms with Crippen LogP contribution in [0.25, 0.3) is 33.4 Å². The minimum absolute atomic E-state index is 0.340. The highest BCUT2D eigenvalue weighted by atomic mass is 15.1. The minimum Gasteiger partial charge on any atom is -0.310 e. The standard InChI is InChI=1S/C60H51N/c1-41-16-15-26-55-58(41)54-33-32-50(37-56(54)60(55,47-19-7-3-8-20-47)48-21-9-4-10-22-48)61(49-30-28-46(29-31-49)59-38-42-34-43(39-59)36-44(35-42)40-59)57-27-14-13-25-53(57)52-24-12-11-23-51(52)45-17-5-2-6-18-45/h2-33,37,42-44H,34-36,38-40H2,1H3. The predicted octanol–water partition coefficient (Wildman–Crippen LogP) is 15.6. The number of hydrogen-bond donors (Lipinski definition) is 0. The van der Waals surface area contributed by atoms with Gasteiger partial charge in [0.2, 0.25) is 0 Å². The number of para-hydroxylation sites is 1. The molecular formula is C60H51N. The molecule has 0 spiro atoms. The third kappa shape index (κ3) is 5.74. The van der Waals surface area contributed by atoms with Gasteiger partial charge in [0.05, 0.1) is 11.1 Å². The van der Waals surface area contributed by atoms with Crippen LogP contribution in [-0.2, 0) is 10.8 Å². The average molecular weight is 786 g/mol. The van der Waals surface area contributed by atoms with Crippen LogP contribution in [-0.4, -0.2) is 0 Å². The lowest BCUT2D eigenvalue weighted by molar-refractivity contribution is -0.00518. The van der Waals surface area contributed by atoms with E-state index in [-0.39, 0.29) is 0 Å². The summed E-state index contributed by atoms with van der Waals surface area (Å²) >= 11 is 0.